The van der Waals surface area contributed by atoms with E-state index in [1.165, 1.54) is 18.9 Å². The lowest BCUT2D eigenvalue weighted by atomic mass is 9.89. The molecule has 1 aromatic rings. The van der Waals surface area contributed by atoms with Crippen LogP contribution in [0.3, 0.4) is 0 Å². The normalized spacial score (nSPS) is 26.8. The Balaban J connectivity index is 1.62. The van der Waals surface area contributed by atoms with Crippen molar-refractivity contribution in [3.05, 3.63) is 35.6 Å². The average Bonchev–Trinajstić information content (AvgIpc) is 2.93. The molecule has 4 heteroatoms. The molecule has 1 N–H and O–H groups in total. The lowest BCUT2D eigenvalue weighted by Crippen LogP contribution is -2.45. The van der Waals surface area contributed by atoms with Gasteiger partial charge in [-0.1, -0.05) is 24.6 Å². The minimum absolute atomic E-state index is 0.108. The molecule has 2 aliphatic rings. The Morgan fingerprint density at radius 3 is 2.90 bits per heavy atom. The van der Waals surface area contributed by atoms with Crippen molar-refractivity contribution < 1.29 is 9.18 Å². The quantitative estimate of drug-likeness (QED) is 0.923. The fraction of sp³-hybridized carbons (Fsp3) is 0.588. The van der Waals surface area contributed by atoms with Gasteiger partial charge in [-0.2, -0.15) is 0 Å². The molecule has 21 heavy (non-hydrogen) atoms. The van der Waals surface area contributed by atoms with Gasteiger partial charge in [-0.25, -0.2) is 4.39 Å². The molecule has 0 bridgehead atoms. The van der Waals surface area contributed by atoms with E-state index in [2.05, 4.69) is 10.2 Å². The van der Waals surface area contributed by atoms with Crippen LogP contribution in [-0.2, 0) is 11.2 Å². The van der Waals surface area contributed by atoms with Gasteiger partial charge in [0.1, 0.15) is 5.82 Å². The summed E-state index contributed by atoms with van der Waals surface area (Å²) in [5, 5.41) is 2.94. The first kappa shape index (κ1) is 14.5. The van der Waals surface area contributed by atoms with E-state index in [0.29, 0.717) is 18.4 Å². The highest BCUT2D eigenvalue weighted by atomic mass is 19.1. The van der Waals surface area contributed by atoms with Gasteiger partial charge in [-0.15, -0.1) is 0 Å². The first-order chi connectivity index (χ1) is 10.2. The summed E-state index contributed by atoms with van der Waals surface area (Å²) >= 11 is 0. The predicted molar refractivity (Wildman–Crippen MR) is 80.4 cm³/mol. The molecular weight excluding hydrogens is 267 g/mol. The Labute approximate surface area is 125 Å². The van der Waals surface area contributed by atoms with Crippen molar-refractivity contribution in [2.45, 2.75) is 38.1 Å². The largest absolute Gasteiger partial charge is 0.356 e. The fourth-order valence-electron chi connectivity index (χ4n) is 3.69. The van der Waals surface area contributed by atoms with Gasteiger partial charge in [0, 0.05) is 31.5 Å². The van der Waals surface area contributed by atoms with Crippen LogP contribution in [0.1, 0.15) is 31.2 Å². The van der Waals surface area contributed by atoms with Crippen molar-refractivity contribution in [2.75, 3.05) is 19.6 Å². The SMILES string of the molecule is O=C1C[C@H]([C@H]2CCCCN2CCc2ccccc2F)CN1. The monoisotopic (exact) mass is 290 g/mol. The Hall–Kier alpha value is -1.42. The van der Waals surface area contributed by atoms with Crippen molar-refractivity contribution in [3.63, 3.8) is 0 Å². The Kier molecular flexibility index (Phi) is 4.54. The number of hydrogen-bond donors (Lipinski definition) is 1. The zero-order valence-corrected chi connectivity index (χ0v) is 12.4. The number of benzene rings is 1. The van der Waals surface area contributed by atoms with E-state index in [9.17, 15) is 9.18 Å². The van der Waals surface area contributed by atoms with E-state index < -0.39 is 0 Å². The van der Waals surface area contributed by atoms with Gasteiger partial charge in [-0.3, -0.25) is 9.69 Å². The van der Waals surface area contributed by atoms with Gasteiger partial charge in [0.2, 0.25) is 5.91 Å². The Morgan fingerprint density at radius 2 is 2.14 bits per heavy atom. The molecular formula is C17H23FN2O. The lowest BCUT2D eigenvalue weighted by Gasteiger charge is -2.38. The van der Waals surface area contributed by atoms with E-state index in [1.807, 2.05) is 12.1 Å². The molecule has 2 fully saturated rings. The number of likely N-dealkylation sites (tertiary alicyclic amines) is 1. The second kappa shape index (κ2) is 6.56. The van der Waals surface area contributed by atoms with Gasteiger partial charge < -0.3 is 5.32 Å². The van der Waals surface area contributed by atoms with Crippen LogP contribution in [0.5, 0.6) is 0 Å². The maximum Gasteiger partial charge on any atom is 0.220 e. The van der Waals surface area contributed by atoms with Crippen molar-refractivity contribution in [1.29, 1.82) is 0 Å². The number of nitrogens with one attached hydrogen (secondary N) is 1. The number of rotatable bonds is 4. The van der Waals surface area contributed by atoms with Crippen LogP contribution < -0.4 is 5.32 Å². The molecule has 2 atom stereocenters. The molecule has 0 spiro atoms. The van der Waals surface area contributed by atoms with Gasteiger partial charge in [0.05, 0.1) is 0 Å². The van der Waals surface area contributed by atoms with Crippen LogP contribution in [0.15, 0.2) is 24.3 Å². The summed E-state index contributed by atoms with van der Waals surface area (Å²) in [4.78, 5) is 13.9. The Bertz CT molecular complexity index is 505. The minimum Gasteiger partial charge on any atom is -0.356 e. The van der Waals surface area contributed by atoms with Crippen molar-refractivity contribution >= 4 is 5.91 Å². The standard InChI is InChI=1S/C17H23FN2O/c18-15-6-2-1-5-13(15)8-10-20-9-4-3-7-16(20)14-11-17(21)19-12-14/h1-2,5-6,14,16H,3-4,7-12H2,(H,19,21)/t14-,16+/m0/s1. The van der Waals surface area contributed by atoms with E-state index in [-0.39, 0.29) is 11.7 Å². The second-order valence-corrected chi connectivity index (χ2v) is 6.21. The highest BCUT2D eigenvalue weighted by molar-refractivity contribution is 5.78. The third-order valence-electron chi connectivity index (χ3n) is 4.84. The highest BCUT2D eigenvalue weighted by Crippen LogP contribution is 2.27. The number of piperidine rings is 1. The van der Waals surface area contributed by atoms with Crippen LogP contribution >= 0.6 is 0 Å². The molecule has 0 aliphatic carbocycles. The van der Waals surface area contributed by atoms with Crippen LogP contribution in [-0.4, -0.2) is 36.5 Å². The fourth-order valence-corrected chi connectivity index (χ4v) is 3.69. The maximum atomic E-state index is 13.7. The third kappa shape index (κ3) is 3.43. The lowest BCUT2D eigenvalue weighted by molar-refractivity contribution is -0.119. The molecule has 114 valence electrons. The molecule has 0 unspecified atom stereocenters. The summed E-state index contributed by atoms with van der Waals surface area (Å²) in [6.07, 6.45) is 5.02. The maximum absolute atomic E-state index is 13.7. The van der Waals surface area contributed by atoms with Gasteiger partial charge >= 0.3 is 0 Å². The van der Waals surface area contributed by atoms with E-state index in [1.54, 1.807) is 6.07 Å². The zero-order chi connectivity index (χ0) is 14.7. The molecule has 2 heterocycles. The minimum atomic E-state index is -0.108. The molecule has 1 amide bonds. The number of amides is 1. The molecule has 2 aliphatic heterocycles. The van der Waals surface area contributed by atoms with Gasteiger partial charge in [-0.05, 0) is 37.4 Å². The molecule has 1 aromatic carbocycles. The summed E-state index contributed by atoms with van der Waals surface area (Å²) in [5.41, 5.74) is 0.794. The number of carbonyl (C=O) groups is 1. The number of carbonyl (C=O) groups excluding carboxylic acids is 1. The van der Waals surface area contributed by atoms with Crippen molar-refractivity contribution in [2.24, 2.45) is 5.92 Å². The first-order valence-electron chi connectivity index (χ1n) is 7.98. The summed E-state index contributed by atoms with van der Waals surface area (Å²) in [5.74, 6) is 0.502. The molecule has 0 aromatic heterocycles. The summed E-state index contributed by atoms with van der Waals surface area (Å²) < 4.78 is 13.7. The van der Waals surface area contributed by atoms with Crippen LogP contribution in [0.25, 0.3) is 0 Å². The molecule has 0 radical (unpaired) electrons. The zero-order valence-electron chi connectivity index (χ0n) is 12.4. The summed E-state index contributed by atoms with van der Waals surface area (Å²) in [6, 6.07) is 7.51. The smallest absolute Gasteiger partial charge is 0.220 e. The van der Waals surface area contributed by atoms with Gasteiger partial charge in [0.25, 0.3) is 0 Å². The molecule has 2 saturated heterocycles. The topological polar surface area (TPSA) is 32.3 Å². The summed E-state index contributed by atoms with van der Waals surface area (Å²) in [7, 11) is 0. The number of nitrogens with zero attached hydrogens (tertiary/aromatic N) is 1. The van der Waals surface area contributed by atoms with E-state index in [4.69, 9.17) is 0 Å². The van der Waals surface area contributed by atoms with Crippen LogP contribution in [0.4, 0.5) is 4.39 Å². The predicted octanol–water partition coefficient (Wildman–Crippen LogP) is 2.36. The van der Waals surface area contributed by atoms with Crippen molar-refractivity contribution in [1.82, 2.24) is 10.2 Å². The van der Waals surface area contributed by atoms with E-state index >= 15 is 0 Å². The van der Waals surface area contributed by atoms with Crippen molar-refractivity contribution in [3.8, 4) is 0 Å². The first-order valence-corrected chi connectivity index (χ1v) is 7.98. The highest BCUT2D eigenvalue weighted by Gasteiger charge is 2.34. The molecule has 3 rings (SSSR count). The Morgan fingerprint density at radius 1 is 1.29 bits per heavy atom. The van der Waals surface area contributed by atoms with Crippen LogP contribution in [0, 0.1) is 11.7 Å². The van der Waals surface area contributed by atoms with Crippen LogP contribution in [0.2, 0.25) is 0 Å². The third-order valence-corrected chi connectivity index (χ3v) is 4.84. The molecule has 0 saturated carbocycles. The average molecular weight is 290 g/mol. The summed E-state index contributed by atoms with van der Waals surface area (Å²) in [6.45, 7) is 2.76. The molecule has 3 nitrogen and oxygen atoms in total. The number of hydrogen-bond acceptors (Lipinski definition) is 2. The van der Waals surface area contributed by atoms with Gasteiger partial charge in [0.15, 0.2) is 0 Å². The number of halogens is 1. The van der Waals surface area contributed by atoms with E-state index in [0.717, 1.165) is 38.0 Å². The second-order valence-electron chi connectivity index (χ2n) is 6.21.